The van der Waals surface area contributed by atoms with E-state index in [2.05, 4.69) is 10.5 Å². The van der Waals surface area contributed by atoms with Crippen LogP contribution in [0.5, 0.6) is 0 Å². The Labute approximate surface area is 175 Å². The van der Waals surface area contributed by atoms with Crippen molar-refractivity contribution < 1.29 is 14.1 Å². The summed E-state index contributed by atoms with van der Waals surface area (Å²) in [6, 6.07) is 17.0. The van der Waals surface area contributed by atoms with E-state index in [1.54, 1.807) is 24.3 Å². The van der Waals surface area contributed by atoms with Gasteiger partial charge in [0.05, 0.1) is 16.9 Å². The number of benzene rings is 2. The summed E-state index contributed by atoms with van der Waals surface area (Å²) in [6.45, 7) is 0. The Hall–Kier alpha value is -3.10. The van der Waals surface area contributed by atoms with Crippen LogP contribution < -0.4 is 5.43 Å². The molecule has 0 bridgehead atoms. The fraction of sp³-hybridized carbons (Fsp3) is 0.100. The number of rotatable bonds is 8. The van der Waals surface area contributed by atoms with Crippen molar-refractivity contribution in [3.05, 3.63) is 87.1 Å². The molecule has 0 fully saturated rings. The van der Waals surface area contributed by atoms with Crippen LogP contribution in [-0.2, 0) is 10.5 Å². The molecule has 3 rings (SSSR count). The van der Waals surface area contributed by atoms with E-state index >= 15 is 0 Å². The predicted molar refractivity (Wildman–Crippen MR) is 114 cm³/mol. The van der Waals surface area contributed by atoms with Gasteiger partial charge in [0.25, 0.3) is 5.69 Å². The smallest absolute Gasteiger partial charge is 0.269 e. The van der Waals surface area contributed by atoms with E-state index in [9.17, 15) is 14.9 Å². The van der Waals surface area contributed by atoms with Crippen LogP contribution in [0, 0.1) is 10.1 Å². The Kier molecular flexibility index (Phi) is 7.04. The van der Waals surface area contributed by atoms with Gasteiger partial charge in [-0.2, -0.15) is 5.10 Å². The van der Waals surface area contributed by atoms with Crippen LogP contribution in [0.2, 0.25) is 5.02 Å². The molecule has 1 amide bonds. The maximum Gasteiger partial charge on any atom is 0.269 e. The number of halogens is 1. The van der Waals surface area contributed by atoms with E-state index in [-0.39, 0.29) is 17.3 Å². The summed E-state index contributed by atoms with van der Waals surface area (Å²) in [5.41, 5.74) is 4.13. The van der Waals surface area contributed by atoms with Crippen LogP contribution >= 0.6 is 23.4 Å². The molecule has 0 saturated carbocycles. The van der Waals surface area contributed by atoms with Gasteiger partial charge in [0.1, 0.15) is 11.5 Å². The molecule has 1 N–H and O–H groups in total. The molecule has 0 spiro atoms. The number of hydrogen-bond acceptors (Lipinski definition) is 6. The van der Waals surface area contributed by atoms with Crippen molar-refractivity contribution in [2.24, 2.45) is 5.10 Å². The summed E-state index contributed by atoms with van der Waals surface area (Å²) in [4.78, 5) is 22.1. The number of amides is 1. The fourth-order valence-electron chi connectivity index (χ4n) is 2.39. The topological polar surface area (TPSA) is 97.7 Å². The summed E-state index contributed by atoms with van der Waals surface area (Å²) >= 11 is 7.52. The Morgan fingerprint density at radius 1 is 1.17 bits per heavy atom. The number of carbonyl (C=O) groups excluding carboxylic acids is 1. The fourth-order valence-corrected chi connectivity index (χ4v) is 3.50. The maximum atomic E-state index is 11.9. The van der Waals surface area contributed by atoms with Crippen molar-refractivity contribution in [2.75, 3.05) is 5.75 Å². The summed E-state index contributed by atoms with van der Waals surface area (Å²) < 4.78 is 5.61. The second-order valence-electron chi connectivity index (χ2n) is 5.88. The van der Waals surface area contributed by atoms with Gasteiger partial charge in [-0.15, -0.1) is 11.8 Å². The van der Waals surface area contributed by atoms with Crippen molar-refractivity contribution >= 4 is 41.2 Å². The number of thioether (sulfide) groups is 1. The van der Waals surface area contributed by atoms with Crippen molar-refractivity contribution in [1.82, 2.24) is 5.43 Å². The lowest BCUT2D eigenvalue weighted by atomic mass is 10.1. The molecule has 9 heteroatoms. The standard InChI is InChI=1S/C20H16ClN3O4S/c21-18-4-2-1-3-15(18)12-29-13-20(25)23-22-11-17-9-10-19(28-17)14-5-7-16(8-6-14)24(26)27/h1-11H,12-13H2,(H,23,25). The summed E-state index contributed by atoms with van der Waals surface area (Å²) in [6.07, 6.45) is 1.39. The van der Waals surface area contributed by atoms with E-state index in [0.29, 0.717) is 27.9 Å². The molecular weight excluding hydrogens is 414 g/mol. The molecule has 0 saturated heterocycles. The van der Waals surface area contributed by atoms with Crippen LogP contribution in [0.3, 0.4) is 0 Å². The Bertz CT molecular complexity index is 1030. The van der Waals surface area contributed by atoms with E-state index in [0.717, 1.165) is 5.56 Å². The van der Waals surface area contributed by atoms with E-state index in [1.807, 2.05) is 24.3 Å². The molecule has 0 aliphatic rings. The minimum absolute atomic E-state index is 0.0113. The highest BCUT2D eigenvalue weighted by atomic mass is 35.5. The van der Waals surface area contributed by atoms with E-state index in [4.69, 9.17) is 16.0 Å². The molecule has 29 heavy (non-hydrogen) atoms. The lowest BCUT2D eigenvalue weighted by molar-refractivity contribution is -0.384. The zero-order valence-electron chi connectivity index (χ0n) is 15.1. The normalized spacial score (nSPS) is 10.9. The Morgan fingerprint density at radius 3 is 2.66 bits per heavy atom. The maximum absolute atomic E-state index is 11.9. The molecule has 3 aromatic rings. The molecule has 0 aliphatic carbocycles. The predicted octanol–water partition coefficient (Wildman–Crippen LogP) is 4.89. The zero-order valence-corrected chi connectivity index (χ0v) is 16.7. The summed E-state index contributed by atoms with van der Waals surface area (Å²) in [7, 11) is 0. The second-order valence-corrected chi connectivity index (χ2v) is 7.28. The third-order valence-electron chi connectivity index (χ3n) is 3.82. The highest BCUT2D eigenvalue weighted by molar-refractivity contribution is 7.99. The highest BCUT2D eigenvalue weighted by Gasteiger charge is 2.08. The molecule has 0 radical (unpaired) electrons. The van der Waals surface area contributed by atoms with Gasteiger partial charge in [-0.05, 0) is 35.9 Å². The molecule has 2 aromatic carbocycles. The highest BCUT2D eigenvalue weighted by Crippen LogP contribution is 2.24. The molecule has 7 nitrogen and oxygen atoms in total. The first kappa shape index (κ1) is 20.6. The van der Waals surface area contributed by atoms with Gasteiger partial charge in [-0.3, -0.25) is 14.9 Å². The van der Waals surface area contributed by atoms with Crippen LogP contribution in [0.1, 0.15) is 11.3 Å². The number of nitrogens with one attached hydrogen (secondary N) is 1. The molecule has 1 heterocycles. The lowest BCUT2D eigenvalue weighted by Gasteiger charge is -2.03. The van der Waals surface area contributed by atoms with Gasteiger partial charge in [-0.1, -0.05) is 29.8 Å². The molecule has 148 valence electrons. The quantitative estimate of drug-likeness (QED) is 0.312. The van der Waals surface area contributed by atoms with Crippen molar-refractivity contribution in [1.29, 1.82) is 0 Å². The van der Waals surface area contributed by atoms with Crippen LogP contribution in [0.25, 0.3) is 11.3 Å². The summed E-state index contributed by atoms with van der Waals surface area (Å²) in [5.74, 6) is 1.63. The first-order valence-corrected chi connectivity index (χ1v) is 10.0. The largest absolute Gasteiger partial charge is 0.455 e. The molecule has 0 atom stereocenters. The average Bonchev–Trinajstić information content (AvgIpc) is 3.18. The van der Waals surface area contributed by atoms with Crippen molar-refractivity contribution in [2.45, 2.75) is 5.75 Å². The number of nitrogens with zero attached hydrogens (tertiary/aromatic N) is 2. The molecule has 0 aliphatic heterocycles. The lowest BCUT2D eigenvalue weighted by Crippen LogP contribution is -2.19. The van der Waals surface area contributed by atoms with Gasteiger partial charge in [0, 0.05) is 28.5 Å². The Morgan fingerprint density at radius 2 is 1.93 bits per heavy atom. The van der Waals surface area contributed by atoms with Crippen LogP contribution in [0.15, 0.2) is 70.2 Å². The molecular formula is C20H16ClN3O4S. The summed E-state index contributed by atoms with van der Waals surface area (Å²) in [5, 5.41) is 15.3. The molecule has 1 aromatic heterocycles. The van der Waals surface area contributed by atoms with Gasteiger partial charge in [0.2, 0.25) is 5.91 Å². The van der Waals surface area contributed by atoms with Crippen LogP contribution in [-0.4, -0.2) is 22.8 Å². The third kappa shape index (κ3) is 5.94. The first-order chi connectivity index (χ1) is 14.0. The monoisotopic (exact) mass is 429 g/mol. The van der Waals surface area contributed by atoms with Crippen molar-refractivity contribution in [3.63, 3.8) is 0 Å². The third-order valence-corrected chi connectivity index (χ3v) is 5.17. The Balaban J connectivity index is 1.47. The first-order valence-electron chi connectivity index (χ1n) is 8.50. The van der Waals surface area contributed by atoms with E-state index < -0.39 is 4.92 Å². The second kappa shape index (κ2) is 9.90. The number of furan rings is 1. The number of nitro benzene ring substituents is 1. The number of hydrazone groups is 1. The SMILES string of the molecule is O=C(CSCc1ccccc1Cl)NN=Cc1ccc(-c2ccc([N+](=O)[O-])cc2)o1. The minimum atomic E-state index is -0.459. The number of hydrogen-bond donors (Lipinski definition) is 1. The van der Waals surface area contributed by atoms with Crippen LogP contribution in [0.4, 0.5) is 5.69 Å². The van der Waals surface area contributed by atoms with Gasteiger partial charge in [0.15, 0.2) is 0 Å². The van der Waals surface area contributed by atoms with Gasteiger partial charge in [-0.25, -0.2) is 5.43 Å². The molecule has 0 unspecified atom stereocenters. The minimum Gasteiger partial charge on any atom is -0.455 e. The van der Waals surface area contributed by atoms with Gasteiger partial charge >= 0.3 is 0 Å². The van der Waals surface area contributed by atoms with Crippen molar-refractivity contribution in [3.8, 4) is 11.3 Å². The zero-order chi connectivity index (χ0) is 20.6. The van der Waals surface area contributed by atoms with E-state index in [1.165, 1.54) is 30.1 Å². The number of carbonyl (C=O) groups is 1. The average molecular weight is 430 g/mol. The van der Waals surface area contributed by atoms with Gasteiger partial charge < -0.3 is 4.42 Å². The number of non-ortho nitro benzene ring substituents is 1. The number of nitro groups is 1.